The van der Waals surface area contributed by atoms with Crippen LogP contribution in [0.5, 0.6) is 0 Å². The van der Waals surface area contributed by atoms with E-state index in [2.05, 4.69) is 5.32 Å². The molecule has 1 aliphatic heterocycles. The summed E-state index contributed by atoms with van der Waals surface area (Å²) >= 11 is 0. The maximum absolute atomic E-state index is 13.9. The first-order valence-corrected chi connectivity index (χ1v) is 9.61. The van der Waals surface area contributed by atoms with Crippen molar-refractivity contribution < 1.29 is 23.5 Å². The Morgan fingerprint density at radius 3 is 2.72 bits per heavy atom. The van der Waals surface area contributed by atoms with Crippen LogP contribution < -0.4 is 5.32 Å². The largest absolute Gasteiger partial charge is 0.462 e. The highest BCUT2D eigenvalue weighted by Gasteiger charge is 2.30. The highest BCUT2D eigenvalue weighted by atomic mass is 19.1. The number of amides is 2. The van der Waals surface area contributed by atoms with Crippen LogP contribution in [0, 0.1) is 11.7 Å². The fourth-order valence-corrected chi connectivity index (χ4v) is 3.36. The van der Waals surface area contributed by atoms with E-state index >= 15 is 0 Å². The van der Waals surface area contributed by atoms with Gasteiger partial charge in [0.15, 0.2) is 0 Å². The van der Waals surface area contributed by atoms with Crippen molar-refractivity contribution >= 4 is 23.5 Å². The second kappa shape index (κ2) is 9.32. The number of ether oxygens (including phenoxy) is 1. The van der Waals surface area contributed by atoms with E-state index in [4.69, 9.17) is 4.74 Å². The van der Waals surface area contributed by atoms with Crippen molar-refractivity contribution in [3.63, 3.8) is 0 Å². The number of nitrogens with zero attached hydrogens (tertiary/aromatic N) is 1. The summed E-state index contributed by atoms with van der Waals surface area (Å²) in [6, 6.07) is 12.4. The normalized spacial score (nSPS) is 16.2. The van der Waals surface area contributed by atoms with Crippen molar-refractivity contribution in [2.75, 3.05) is 25.0 Å². The summed E-state index contributed by atoms with van der Waals surface area (Å²) in [5, 5.41) is 2.80. The molecule has 1 aliphatic rings. The average molecular weight is 398 g/mol. The van der Waals surface area contributed by atoms with Gasteiger partial charge in [-0.2, -0.15) is 0 Å². The molecule has 0 radical (unpaired) electrons. The van der Waals surface area contributed by atoms with Crippen LogP contribution in [-0.4, -0.2) is 42.4 Å². The Hall–Kier alpha value is -3.22. The average Bonchev–Trinajstić information content (AvgIpc) is 2.74. The number of halogens is 1. The minimum atomic E-state index is -0.570. The molecular formula is C22H23FN2O4. The molecule has 3 rings (SSSR count). The topological polar surface area (TPSA) is 75.7 Å². The van der Waals surface area contributed by atoms with Gasteiger partial charge >= 0.3 is 5.97 Å². The van der Waals surface area contributed by atoms with Crippen LogP contribution in [-0.2, 0) is 9.53 Å². The first kappa shape index (κ1) is 20.5. The fourth-order valence-electron chi connectivity index (χ4n) is 3.36. The van der Waals surface area contributed by atoms with Gasteiger partial charge in [-0.25, -0.2) is 9.18 Å². The van der Waals surface area contributed by atoms with Crippen molar-refractivity contribution in [1.29, 1.82) is 0 Å². The monoisotopic (exact) mass is 398 g/mol. The first-order chi connectivity index (χ1) is 14.0. The Kier molecular flexibility index (Phi) is 6.59. The molecule has 0 saturated carbocycles. The molecule has 1 unspecified atom stereocenters. The van der Waals surface area contributed by atoms with E-state index in [1.165, 1.54) is 23.1 Å². The van der Waals surface area contributed by atoms with Crippen LogP contribution in [0.2, 0.25) is 0 Å². The number of carbonyl (C=O) groups excluding carboxylic acids is 3. The molecule has 2 aromatic rings. The highest BCUT2D eigenvalue weighted by Crippen LogP contribution is 2.22. The number of benzene rings is 2. The molecule has 0 aromatic heterocycles. The molecule has 29 heavy (non-hydrogen) atoms. The van der Waals surface area contributed by atoms with Crippen LogP contribution in [0.4, 0.5) is 10.1 Å². The van der Waals surface area contributed by atoms with E-state index in [-0.39, 0.29) is 24.6 Å². The molecule has 2 amide bonds. The number of rotatable bonds is 5. The van der Waals surface area contributed by atoms with E-state index in [1.54, 1.807) is 37.3 Å². The number of piperidine rings is 1. The molecule has 6 nitrogen and oxygen atoms in total. The summed E-state index contributed by atoms with van der Waals surface area (Å²) in [4.78, 5) is 38.7. The lowest BCUT2D eigenvalue weighted by molar-refractivity contribution is -0.121. The number of anilines is 1. The fraction of sp³-hybridized carbons (Fsp3) is 0.318. The third kappa shape index (κ3) is 4.99. The van der Waals surface area contributed by atoms with E-state index in [0.717, 1.165) is 0 Å². The van der Waals surface area contributed by atoms with Gasteiger partial charge in [0.1, 0.15) is 5.82 Å². The number of hydrogen-bond acceptors (Lipinski definition) is 4. The Bertz CT molecular complexity index is 915. The van der Waals surface area contributed by atoms with Crippen LogP contribution in [0.25, 0.3) is 0 Å². The van der Waals surface area contributed by atoms with Gasteiger partial charge in [-0.3, -0.25) is 9.59 Å². The SMILES string of the molecule is CCOC(=O)c1cccc(NC(=O)C2CCCN(C(=O)c3ccccc3F)C2)c1. The van der Waals surface area contributed by atoms with Crippen molar-refractivity contribution in [3.05, 3.63) is 65.5 Å². The minimum Gasteiger partial charge on any atom is -0.462 e. The van der Waals surface area contributed by atoms with Gasteiger partial charge in [-0.15, -0.1) is 0 Å². The molecule has 7 heteroatoms. The predicted molar refractivity (Wildman–Crippen MR) is 106 cm³/mol. The lowest BCUT2D eigenvalue weighted by atomic mass is 9.96. The van der Waals surface area contributed by atoms with E-state index < -0.39 is 23.6 Å². The van der Waals surface area contributed by atoms with Crippen molar-refractivity contribution in [2.45, 2.75) is 19.8 Å². The van der Waals surface area contributed by atoms with Crippen LogP contribution in [0.3, 0.4) is 0 Å². The van der Waals surface area contributed by atoms with Crippen molar-refractivity contribution in [3.8, 4) is 0 Å². The zero-order chi connectivity index (χ0) is 20.8. The predicted octanol–water partition coefficient (Wildman–Crippen LogP) is 3.49. The Balaban J connectivity index is 1.66. The van der Waals surface area contributed by atoms with Crippen molar-refractivity contribution in [1.82, 2.24) is 4.90 Å². The van der Waals surface area contributed by atoms with E-state index in [0.29, 0.717) is 30.6 Å². The molecule has 0 spiro atoms. The van der Waals surface area contributed by atoms with Crippen molar-refractivity contribution in [2.24, 2.45) is 5.92 Å². The number of likely N-dealkylation sites (tertiary alicyclic amines) is 1. The summed E-state index contributed by atoms with van der Waals surface area (Å²) < 4.78 is 18.9. The lowest BCUT2D eigenvalue weighted by Crippen LogP contribution is -2.44. The molecule has 1 fully saturated rings. The van der Waals surface area contributed by atoms with Gasteiger partial charge in [-0.1, -0.05) is 18.2 Å². The van der Waals surface area contributed by atoms with Gasteiger partial charge in [0.25, 0.3) is 5.91 Å². The number of esters is 1. The molecule has 1 heterocycles. The summed E-state index contributed by atoms with van der Waals surface area (Å²) in [5.41, 5.74) is 0.846. The molecular weight excluding hydrogens is 375 g/mol. The number of carbonyl (C=O) groups is 3. The van der Waals surface area contributed by atoms with Gasteiger partial charge < -0.3 is 15.0 Å². The minimum absolute atomic E-state index is 0.00990. The van der Waals surface area contributed by atoms with Crippen LogP contribution >= 0.6 is 0 Å². The molecule has 2 aromatic carbocycles. The van der Waals surface area contributed by atoms with E-state index in [9.17, 15) is 18.8 Å². The molecule has 1 saturated heterocycles. The van der Waals surface area contributed by atoms with Gasteiger partial charge in [-0.05, 0) is 50.1 Å². The molecule has 0 bridgehead atoms. The highest BCUT2D eigenvalue weighted by molar-refractivity contribution is 5.97. The quantitative estimate of drug-likeness (QED) is 0.783. The lowest BCUT2D eigenvalue weighted by Gasteiger charge is -2.32. The van der Waals surface area contributed by atoms with Crippen LogP contribution in [0.15, 0.2) is 48.5 Å². The van der Waals surface area contributed by atoms with Gasteiger partial charge in [0.2, 0.25) is 5.91 Å². The standard InChI is InChI=1S/C22H23FN2O4/c1-2-29-22(28)15-7-5-9-17(13-15)24-20(26)16-8-6-12-25(14-16)21(27)18-10-3-4-11-19(18)23/h3-5,7,9-11,13,16H,2,6,8,12,14H2,1H3,(H,24,26). The second-order valence-electron chi connectivity index (χ2n) is 6.86. The summed E-state index contributed by atoms with van der Waals surface area (Å²) in [7, 11) is 0. The Labute approximate surface area is 168 Å². The third-order valence-electron chi connectivity index (χ3n) is 4.82. The second-order valence-corrected chi connectivity index (χ2v) is 6.86. The first-order valence-electron chi connectivity index (χ1n) is 9.61. The molecule has 1 atom stereocenters. The van der Waals surface area contributed by atoms with Gasteiger partial charge in [0, 0.05) is 18.8 Å². The summed E-state index contributed by atoms with van der Waals surface area (Å²) in [6.07, 6.45) is 1.28. The van der Waals surface area contributed by atoms with Crippen LogP contribution in [0.1, 0.15) is 40.5 Å². The number of hydrogen-bond donors (Lipinski definition) is 1. The maximum Gasteiger partial charge on any atom is 0.338 e. The molecule has 152 valence electrons. The molecule has 0 aliphatic carbocycles. The zero-order valence-electron chi connectivity index (χ0n) is 16.2. The summed E-state index contributed by atoms with van der Waals surface area (Å²) in [6.45, 7) is 2.69. The van der Waals surface area contributed by atoms with E-state index in [1.807, 2.05) is 0 Å². The third-order valence-corrected chi connectivity index (χ3v) is 4.82. The maximum atomic E-state index is 13.9. The number of nitrogens with one attached hydrogen (secondary N) is 1. The zero-order valence-corrected chi connectivity index (χ0v) is 16.2. The summed E-state index contributed by atoms with van der Waals surface area (Å²) in [5.74, 6) is -2.09. The molecule has 1 N–H and O–H groups in total. The van der Waals surface area contributed by atoms with Gasteiger partial charge in [0.05, 0.1) is 23.7 Å². The Morgan fingerprint density at radius 1 is 1.17 bits per heavy atom. The smallest absolute Gasteiger partial charge is 0.338 e. The Morgan fingerprint density at radius 2 is 1.97 bits per heavy atom.